The number of hydrogen-bond donors (Lipinski definition) is 0. The molecule has 4 rings (SSSR count). The fourth-order valence-electron chi connectivity index (χ4n) is 5.17. The number of anilines is 1. The van der Waals surface area contributed by atoms with Gasteiger partial charge in [0.25, 0.3) is 0 Å². The molecule has 2 unspecified atom stereocenters. The highest BCUT2D eigenvalue weighted by atomic mass is 32.1. The van der Waals surface area contributed by atoms with Crippen molar-refractivity contribution in [1.82, 2.24) is 14.7 Å². The maximum atomic E-state index is 13.8. The van der Waals surface area contributed by atoms with E-state index in [0.29, 0.717) is 45.6 Å². The molecule has 8 heteroatoms. The van der Waals surface area contributed by atoms with Crippen LogP contribution >= 0.6 is 11.3 Å². The molecule has 2 aromatic rings. The molecule has 188 valence electrons. The number of carbonyl (C=O) groups is 3. The van der Waals surface area contributed by atoms with Crippen molar-refractivity contribution < 1.29 is 14.4 Å². The van der Waals surface area contributed by atoms with Crippen molar-refractivity contribution in [2.24, 2.45) is 5.92 Å². The number of piperazine rings is 1. The highest BCUT2D eigenvalue weighted by Gasteiger charge is 2.43. The Kier molecular flexibility index (Phi) is 8.23. The van der Waals surface area contributed by atoms with Crippen LogP contribution in [0.5, 0.6) is 0 Å². The first-order valence-corrected chi connectivity index (χ1v) is 13.5. The molecule has 1 aromatic carbocycles. The van der Waals surface area contributed by atoms with Gasteiger partial charge >= 0.3 is 0 Å². The summed E-state index contributed by atoms with van der Waals surface area (Å²) in [6.45, 7) is 10.5. The second kappa shape index (κ2) is 11.4. The monoisotopic (exact) mass is 496 g/mol. The standard InChI is InChI=1S/C27H36N4O3S/c1-4-29(5-2)25(33)19-28-14-16-30(17-15-28)27(34)22-12-13-24(32)31(21-10-8-20(3)9-11-21)26(22)23-7-6-18-35-23/h6-11,18,22,26H,4-5,12-17,19H2,1-3H3. The van der Waals surface area contributed by atoms with Crippen molar-refractivity contribution >= 4 is 34.7 Å². The van der Waals surface area contributed by atoms with Crippen LogP contribution in [0.25, 0.3) is 0 Å². The fourth-order valence-corrected chi connectivity index (χ4v) is 6.05. The topological polar surface area (TPSA) is 64.2 Å². The molecule has 0 radical (unpaired) electrons. The highest BCUT2D eigenvalue weighted by Crippen LogP contribution is 2.42. The Morgan fingerprint density at radius 1 is 1.03 bits per heavy atom. The van der Waals surface area contributed by atoms with Crippen LogP contribution in [0.15, 0.2) is 41.8 Å². The fraction of sp³-hybridized carbons (Fsp3) is 0.519. The molecule has 2 aliphatic rings. The van der Waals surface area contributed by atoms with E-state index in [1.54, 1.807) is 11.3 Å². The summed E-state index contributed by atoms with van der Waals surface area (Å²) in [4.78, 5) is 48.3. The first-order chi connectivity index (χ1) is 16.9. The van der Waals surface area contributed by atoms with Crippen LogP contribution in [0.2, 0.25) is 0 Å². The van der Waals surface area contributed by atoms with E-state index in [2.05, 4.69) is 4.90 Å². The van der Waals surface area contributed by atoms with Crippen LogP contribution in [0.1, 0.15) is 43.2 Å². The van der Waals surface area contributed by atoms with Crippen LogP contribution in [0.4, 0.5) is 5.69 Å². The first kappa shape index (κ1) is 25.4. The third-order valence-electron chi connectivity index (χ3n) is 7.22. The van der Waals surface area contributed by atoms with Crippen molar-refractivity contribution in [1.29, 1.82) is 0 Å². The summed E-state index contributed by atoms with van der Waals surface area (Å²) in [6.07, 6.45) is 0.924. The SMILES string of the molecule is CCN(CC)C(=O)CN1CCN(C(=O)C2CCC(=O)N(c3ccc(C)cc3)C2c2cccs2)CC1. The van der Waals surface area contributed by atoms with Gasteiger partial charge in [-0.25, -0.2) is 0 Å². The number of benzene rings is 1. The van der Waals surface area contributed by atoms with Crippen molar-refractivity contribution in [3.8, 4) is 0 Å². The second-order valence-electron chi connectivity index (χ2n) is 9.37. The molecule has 3 heterocycles. The summed E-state index contributed by atoms with van der Waals surface area (Å²) in [5.74, 6) is 0.0438. The van der Waals surface area contributed by atoms with Gasteiger partial charge in [0.15, 0.2) is 0 Å². The summed E-state index contributed by atoms with van der Waals surface area (Å²) in [6, 6.07) is 11.7. The van der Waals surface area contributed by atoms with E-state index in [0.717, 1.165) is 29.2 Å². The Labute approximate surface area is 212 Å². The van der Waals surface area contributed by atoms with Gasteiger partial charge in [-0.1, -0.05) is 23.8 Å². The van der Waals surface area contributed by atoms with Crippen LogP contribution in [0.3, 0.4) is 0 Å². The van der Waals surface area contributed by atoms with E-state index in [1.165, 1.54) is 0 Å². The van der Waals surface area contributed by atoms with E-state index in [1.807, 2.05) is 77.2 Å². The average molecular weight is 497 g/mol. The molecule has 0 aliphatic carbocycles. The van der Waals surface area contributed by atoms with Crippen molar-refractivity contribution in [3.05, 3.63) is 52.2 Å². The van der Waals surface area contributed by atoms with Gasteiger partial charge in [0.2, 0.25) is 17.7 Å². The van der Waals surface area contributed by atoms with Gasteiger partial charge in [0.1, 0.15) is 0 Å². The molecule has 2 atom stereocenters. The number of likely N-dealkylation sites (N-methyl/N-ethyl adjacent to an activating group) is 1. The van der Waals surface area contributed by atoms with Gasteiger partial charge in [0.05, 0.1) is 18.5 Å². The van der Waals surface area contributed by atoms with Crippen molar-refractivity contribution in [2.75, 3.05) is 50.7 Å². The predicted molar refractivity (Wildman–Crippen MR) is 139 cm³/mol. The van der Waals surface area contributed by atoms with Crippen molar-refractivity contribution in [2.45, 2.75) is 39.7 Å². The number of hydrogen-bond acceptors (Lipinski definition) is 5. The Morgan fingerprint density at radius 3 is 2.31 bits per heavy atom. The Morgan fingerprint density at radius 2 is 1.71 bits per heavy atom. The number of carbonyl (C=O) groups excluding carboxylic acids is 3. The molecule has 0 saturated carbocycles. The number of thiophene rings is 1. The molecule has 0 bridgehead atoms. The summed E-state index contributed by atoms with van der Waals surface area (Å²) < 4.78 is 0. The Balaban J connectivity index is 1.49. The van der Waals surface area contributed by atoms with Gasteiger partial charge in [-0.3, -0.25) is 19.3 Å². The number of piperidine rings is 1. The molecule has 2 aliphatic heterocycles. The number of nitrogens with zero attached hydrogens (tertiary/aromatic N) is 4. The van der Waals surface area contributed by atoms with Crippen LogP contribution < -0.4 is 4.90 Å². The van der Waals surface area contributed by atoms with Gasteiger partial charge in [-0.2, -0.15) is 0 Å². The lowest BCUT2D eigenvalue weighted by atomic mass is 9.85. The van der Waals surface area contributed by atoms with Crippen LogP contribution in [0, 0.1) is 12.8 Å². The molecule has 2 saturated heterocycles. The zero-order chi connectivity index (χ0) is 24.9. The zero-order valence-electron chi connectivity index (χ0n) is 21.0. The van der Waals surface area contributed by atoms with Crippen LogP contribution in [-0.2, 0) is 14.4 Å². The Bertz CT molecular complexity index is 1010. The first-order valence-electron chi connectivity index (χ1n) is 12.6. The molecule has 0 N–H and O–H groups in total. The third-order valence-corrected chi connectivity index (χ3v) is 8.16. The maximum absolute atomic E-state index is 13.8. The predicted octanol–water partition coefficient (Wildman–Crippen LogP) is 3.55. The van der Waals surface area contributed by atoms with E-state index in [4.69, 9.17) is 0 Å². The molecule has 3 amide bonds. The van der Waals surface area contributed by atoms with E-state index in [9.17, 15) is 14.4 Å². The van der Waals surface area contributed by atoms with Gasteiger partial charge in [0, 0.05) is 56.3 Å². The number of rotatable bonds is 7. The normalized spacial score (nSPS) is 21.3. The molecule has 35 heavy (non-hydrogen) atoms. The number of amides is 3. The quantitative estimate of drug-likeness (QED) is 0.588. The minimum Gasteiger partial charge on any atom is -0.342 e. The highest BCUT2D eigenvalue weighted by molar-refractivity contribution is 7.10. The molecule has 0 spiro atoms. The summed E-state index contributed by atoms with van der Waals surface area (Å²) in [5, 5.41) is 2.01. The molecular formula is C27H36N4O3S. The lowest BCUT2D eigenvalue weighted by molar-refractivity contribution is -0.140. The zero-order valence-corrected chi connectivity index (χ0v) is 21.8. The van der Waals surface area contributed by atoms with Gasteiger partial charge < -0.3 is 14.7 Å². The second-order valence-corrected chi connectivity index (χ2v) is 10.4. The lowest BCUT2D eigenvalue weighted by Gasteiger charge is -2.43. The van der Waals surface area contributed by atoms with Gasteiger partial charge in [-0.05, 0) is 50.8 Å². The minimum atomic E-state index is -0.297. The Hall–Kier alpha value is -2.71. The third kappa shape index (κ3) is 5.59. The number of aryl methyl sites for hydroxylation is 1. The molecule has 2 fully saturated rings. The van der Waals surface area contributed by atoms with Crippen molar-refractivity contribution in [3.63, 3.8) is 0 Å². The molecular weight excluding hydrogens is 460 g/mol. The van der Waals surface area contributed by atoms with E-state index in [-0.39, 0.29) is 29.7 Å². The lowest BCUT2D eigenvalue weighted by Crippen LogP contribution is -2.55. The van der Waals surface area contributed by atoms with E-state index < -0.39 is 0 Å². The van der Waals surface area contributed by atoms with E-state index >= 15 is 0 Å². The minimum absolute atomic E-state index is 0.0658. The molecule has 7 nitrogen and oxygen atoms in total. The van der Waals surface area contributed by atoms with Gasteiger partial charge in [-0.15, -0.1) is 11.3 Å². The summed E-state index contributed by atoms with van der Waals surface area (Å²) in [5.41, 5.74) is 1.98. The maximum Gasteiger partial charge on any atom is 0.236 e. The van der Waals surface area contributed by atoms with Crippen LogP contribution in [-0.4, -0.2) is 78.2 Å². The largest absolute Gasteiger partial charge is 0.342 e. The average Bonchev–Trinajstić information content (AvgIpc) is 3.40. The summed E-state index contributed by atoms with van der Waals surface area (Å²) >= 11 is 1.60. The smallest absolute Gasteiger partial charge is 0.236 e. The molecule has 1 aromatic heterocycles. The summed E-state index contributed by atoms with van der Waals surface area (Å²) in [7, 11) is 0.